The zero-order chi connectivity index (χ0) is 13.5. The Morgan fingerprint density at radius 3 is 1.17 bits per heavy atom. The first kappa shape index (κ1) is 14.2. The summed E-state index contributed by atoms with van der Waals surface area (Å²) >= 11 is 0. The fourth-order valence-electron chi connectivity index (χ4n) is 1.98. The van der Waals surface area contributed by atoms with Gasteiger partial charge in [0.2, 0.25) is 0 Å². The van der Waals surface area contributed by atoms with E-state index in [1.54, 1.807) is 0 Å². The van der Waals surface area contributed by atoms with Crippen LogP contribution in [0.3, 0.4) is 0 Å². The van der Waals surface area contributed by atoms with Gasteiger partial charge < -0.3 is 0 Å². The van der Waals surface area contributed by atoms with Gasteiger partial charge in [-0.25, -0.2) is 0 Å². The van der Waals surface area contributed by atoms with Crippen molar-refractivity contribution < 1.29 is 4.79 Å². The Morgan fingerprint density at radius 1 is 0.556 bits per heavy atom. The molecule has 1 aliphatic rings. The number of carbonyl (C=O) groups is 1. The van der Waals surface area contributed by atoms with E-state index in [1.165, 1.54) is 0 Å². The van der Waals surface area contributed by atoms with Crippen LogP contribution in [0.1, 0.15) is 43.6 Å². The minimum atomic E-state index is 0.149. The van der Waals surface area contributed by atoms with E-state index >= 15 is 0 Å². The molecule has 1 nitrogen and oxygen atoms in total. The molecular formula is C17H20O. The van der Waals surface area contributed by atoms with E-state index in [9.17, 15) is 4.79 Å². The van der Waals surface area contributed by atoms with E-state index in [0.29, 0.717) is 0 Å². The van der Waals surface area contributed by atoms with E-state index in [0.717, 1.165) is 22.3 Å². The molecule has 0 N–H and O–H groups in total. The first-order valence-electron chi connectivity index (χ1n) is 6.61. The molecule has 0 fully saturated rings. The summed E-state index contributed by atoms with van der Waals surface area (Å²) in [5.74, 6) is 0.149. The normalized spacial score (nSPS) is 10.3. The van der Waals surface area contributed by atoms with Crippen molar-refractivity contribution in [1.29, 1.82) is 0 Å². The number of ketones is 1. The van der Waals surface area contributed by atoms with E-state index < -0.39 is 0 Å². The van der Waals surface area contributed by atoms with Crippen LogP contribution >= 0.6 is 0 Å². The summed E-state index contributed by atoms with van der Waals surface area (Å²) < 4.78 is 0. The molecule has 2 aromatic rings. The highest BCUT2D eigenvalue weighted by molar-refractivity contribution is 6.21. The highest BCUT2D eigenvalue weighted by Gasteiger charge is 2.24. The summed E-state index contributed by atoms with van der Waals surface area (Å²) in [6.07, 6.45) is 0. The minimum absolute atomic E-state index is 0.149. The molecule has 0 saturated carbocycles. The van der Waals surface area contributed by atoms with Gasteiger partial charge in [0, 0.05) is 11.1 Å². The number of hydrogen-bond acceptors (Lipinski definition) is 1. The number of carbonyl (C=O) groups excluding carboxylic acids is 1. The van der Waals surface area contributed by atoms with Crippen LogP contribution in [0.2, 0.25) is 0 Å². The molecule has 1 aliphatic carbocycles. The SMILES string of the molecule is CC.CC.O=C1c2ccccc2-c2ccccc21. The summed E-state index contributed by atoms with van der Waals surface area (Å²) in [6, 6.07) is 15.5. The second-order valence-corrected chi connectivity index (χ2v) is 3.42. The minimum Gasteiger partial charge on any atom is -0.289 e. The molecule has 0 bridgehead atoms. The zero-order valence-electron chi connectivity index (χ0n) is 11.5. The van der Waals surface area contributed by atoms with Crippen molar-refractivity contribution in [2.45, 2.75) is 27.7 Å². The van der Waals surface area contributed by atoms with Gasteiger partial charge in [0.25, 0.3) is 0 Å². The van der Waals surface area contributed by atoms with Crippen LogP contribution in [0.5, 0.6) is 0 Å². The predicted molar refractivity (Wildman–Crippen MR) is 78.0 cm³/mol. The average Bonchev–Trinajstić information content (AvgIpc) is 2.78. The molecule has 0 aromatic heterocycles. The Bertz CT molecular complexity index is 479. The van der Waals surface area contributed by atoms with Crippen molar-refractivity contribution in [1.82, 2.24) is 0 Å². The van der Waals surface area contributed by atoms with Crippen LogP contribution in [0.25, 0.3) is 11.1 Å². The third kappa shape index (κ3) is 2.35. The van der Waals surface area contributed by atoms with Gasteiger partial charge in [-0.15, -0.1) is 0 Å². The zero-order valence-corrected chi connectivity index (χ0v) is 11.5. The largest absolute Gasteiger partial charge is 0.289 e. The second-order valence-electron chi connectivity index (χ2n) is 3.42. The number of fused-ring (bicyclic) bond motifs is 3. The van der Waals surface area contributed by atoms with Gasteiger partial charge in [0.1, 0.15) is 0 Å². The van der Waals surface area contributed by atoms with E-state index in [1.807, 2.05) is 76.2 Å². The van der Waals surface area contributed by atoms with Crippen molar-refractivity contribution in [3.05, 3.63) is 59.7 Å². The Balaban J connectivity index is 0.000000371. The van der Waals surface area contributed by atoms with Crippen LogP contribution in [0.4, 0.5) is 0 Å². The summed E-state index contributed by atoms with van der Waals surface area (Å²) in [6.45, 7) is 8.00. The summed E-state index contributed by atoms with van der Waals surface area (Å²) in [5.41, 5.74) is 3.78. The van der Waals surface area contributed by atoms with Gasteiger partial charge in [-0.1, -0.05) is 76.2 Å². The molecule has 0 saturated heterocycles. The number of hydrogen-bond donors (Lipinski definition) is 0. The molecule has 0 amide bonds. The maximum atomic E-state index is 11.9. The van der Waals surface area contributed by atoms with E-state index in [-0.39, 0.29) is 5.78 Å². The fraction of sp³-hybridized carbons (Fsp3) is 0.235. The van der Waals surface area contributed by atoms with Crippen molar-refractivity contribution in [2.75, 3.05) is 0 Å². The highest BCUT2D eigenvalue weighted by atomic mass is 16.1. The Morgan fingerprint density at radius 2 is 0.833 bits per heavy atom. The standard InChI is InChI=1S/C13H8O.2C2H6/c14-13-11-7-3-1-5-9(11)10-6-2-4-8-12(10)13;2*1-2/h1-8H;2*1-2H3. The third-order valence-electron chi connectivity index (χ3n) is 2.63. The molecule has 0 heterocycles. The quantitative estimate of drug-likeness (QED) is 0.543. The molecule has 0 unspecified atom stereocenters. The fourth-order valence-corrected chi connectivity index (χ4v) is 1.98. The number of rotatable bonds is 0. The van der Waals surface area contributed by atoms with Crippen LogP contribution in [0, 0.1) is 0 Å². The third-order valence-corrected chi connectivity index (χ3v) is 2.63. The molecule has 1 heteroatoms. The average molecular weight is 240 g/mol. The van der Waals surface area contributed by atoms with E-state index in [4.69, 9.17) is 0 Å². The van der Waals surface area contributed by atoms with Crippen molar-refractivity contribution in [3.8, 4) is 11.1 Å². The van der Waals surface area contributed by atoms with Crippen LogP contribution < -0.4 is 0 Å². The van der Waals surface area contributed by atoms with Crippen molar-refractivity contribution in [3.63, 3.8) is 0 Å². The smallest absolute Gasteiger partial charge is 0.194 e. The molecule has 3 rings (SSSR count). The van der Waals surface area contributed by atoms with Gasteiger partial charge in [-0.3, -0.25) is 4.79 Å². The molecular weight excluding hydrogens is 220 g/mol. The molecule has 2 aromatic carbocycles. The maximum absolute atomic E-state index is 11.9. The topological polar surface area (TPSA) is 17.1 Å². The lowest BCUT2D eigenvalue weighted by Gasteiger charge is -1.96. The molecule has 94 valence electrons. The maximum Gasteiger partial charge on any atom is 0.194 e. The van der Waals surface area contributed by atoms with Crippen molar-refractivity contribution >= 4 is 5.78 Å². The lowest BCUT2D eigenvalue weighted by molar-refractivity contribution is 0.104. The van der Waals surface area contributed by atoms with Crippen LogP contribution in [0.15, 0.2) is 48.5 Å². The molecule has 18 heavy (non-hydrogen) atoms. The lowest BCUT2D eigenvalue weighted by atomic mass is 10.1. The molecule has 0 atom stereocenters. The predicted octanol–water partition coefficient (Wildman–Crippen LogP) is 4.95. The van der Waals surface area contributed by atoms with Gasteiger partial charge in [0.15, 0.2) is 5.78 Å². The second kappa shape index (κ2) is 6.75. The molecule has 0 spiro atoms. The summed E-state index contributed by atoms with van der Waals surface area (Å²) in [7, 11) is 0. The first-order chi connectivity index (χ1) is 8.88. The highest BCUT2D eigenvalue weighted by Crippen LogP contribution is 2.35. The molecule has 0 radical (unpaired) electrons. The Hall–Kier alpha value is -1.89. The van der Waals surface area contributed by atoms with Gasteiger partial charge in [0.05, 0.1) is 0 Å². The van der Waals surface area contributed by atoms with Gasteiger partial charge in [-0.05, 0) is 11.1 Å². The summed E-state index contributed by atoms with van der Waals surface area (Å²) in [4.78, 5) is 11.9. The van der Waals surface area contributed by atoms with Crippen molar-refractivity contribution in [2.24, 2.45) is 0 Å². The monoisotopic (exact) mass is 240 g/mol. The Kier molecular flexibility index (Phi) is 5.31. The first-order valence-corrected chi connectivity index (χ1v) is 6.61. The van der Waals surface area contributed by atoms with E-state index in [2.05, 4.69) is 0 Å². The number of benzene rings is 2. The van der Waals surface area contributed by atoms with Crippen LogP contribution in [-0.2, 0) is 0 Å². The Labute approximate surface area is 109 Å². The summed E-state index contributed by atoms with van der Waals surface area (Å²) in [5, 5.41) is 0. The van der Waals surface area contributed by atoms with Gasteiger partial charge in [-0.2, -0.15) is 0 Å². The van der Waals surface area contributed by atoms with Crippen LogP contribution in [-0.4, -0.2) is 5.78 Å². The molecule has 0 aliphatic heterocycles. The lowest BCUT2D eigenvalue weighted by Crippen LogP contribution is -1.93. The van der Waals surface area contributed by atoms with Gasteiger partial charge >= 0.3 is 0 Å².